The van der Waals surface area contributed by atoms with Crippen LogP contribution in [0.4, 0.5) is 0 Å². The predicted octanol–water partition coefficient (Wildman–Crippen LogP) is -1.04. The van der Waals surface area contributed by atoms with Crippen molar-refractivity contribution in [1.82, 2.24) is 0 Å². The highest BCUT2D eigenvalue weighted by Gasteiger charge is 2.15. The zero-order valence-electron chi connectivity index (χ0n) is 11.0. The van der Waals surface area contributed by atoms with Gasteiger partial charge < -0.3 is 26.5 Å². The molecular weight excluding hydrogens is 322 g/mol. The van der Waals surface area contributed by atoms with Gasteiger partial charge in [-0.05, 0) is 31.2 Å². The molecule has 4 nitrogen and oxygen atoms in total. The fourth-order valence-electron chi connectivity index (χ4n) is 2.08. The van der Waals surface area contributed by atoms with Crippen LogP contribution in [0.2, 0.25) is 0 Å². The average molecular weight is 336 g/mol. The molecule has 104 valence electrons. The largest absolute Gasteiger partial charge is 1.00 e. The minimum absolute atomic E-state index is 0. The number of carbonyl (C=O) groups excluding carboxylic acids is 1. The third kappa shape index (κ3) is 2.99. The summed E-state index contributed by atoms with van der Waals surface area (Å²) >= 11 is 0. The molecule has 20 heavy (non-hydrogen) atoms. The van der Waals surface area contributed by atoms with Crippen molar-refractivity contribution < 1.29 is 35.8 Å². The number of ether oxygens (including phenoxy) is 2. The molecule has 0 amide bonds. The number of Topliss-reactive ketones (excluding diaryl/α,β-unsaturated/α-hetero) is 1. The van der Waals surface area contributed by atoms with Crippen LogP contribution in [0.3, 0.4) is 0 Å². The van der Waals surface area contributed by atoms with Crippen molar-refractivity contribution in [2.24, 2.45) is 0 Å². The van der Waals surface area contributed by atoms with E-state index in [9.17, 15) is 4.79 Å². The summed E-state index contributed by atoms with van der Waals surface area (Å²) in [4.78, 5) is 11.4. The standard InChI is InChI=1S/C15H14NO3.BrH/c1-11(17)13-3-2-6-16(9-13)8-12-4-5-14-15(7-12)19-10-18-14;/h2-7,9H,8,10H2,1H3;1H/q+1;/p-1. The molecule has 0 N–H and O–H groups in total. The van der Waals surface area contributed by atoms with Gasteiger partial charge in [0.1, 0.15) is 0 Å². The second kappa shape index (κ2) is 6.05. The van der Waals surface area contributed by atoms with Crippen molar-refractivity contribution in [3.05, 3.63) is 53.9 Å². The molecule has 0 fully saturated rings. The maximum absolute atomic E-state index is 11.4. The van der Waals surface area contributed by atoms with Crippen molar-refractivity contribution >= 4 is 5.78 Å². The second-order valence-electron chi connectivity index (χ2n) is 4.51. The molecule has 5 heteroatoms. The highest BCUT2D eigenvalue weighted by molar-refractivity contribution is 5.93. The van der Waals surface area contributed by atoms with Gasteiger partial charge in [-0.3, -0.25) is 4.79 Å². The number of aromatic nitrogens is 1. The lowest BCUT2D eigenvalue weighted by Gasteiger charge is -2.01. The Balaban J connectivity index is 0.00000147. The maximum Gasteiger partial charge on any atom is 0.231 e. The first-order valence-electron chi connectivity index (χ1n) is 6.11. The van der Waals surface area contributed by atoms with Crippen LogP contribution in [-0.4, -0.2) is 12.6 Å². The van der Waals surface area contributed by atoms with E-state index >= 15 is 0 Å². The van der Waals surface area contributed by atoms with Crippen molar-refractivity contribution in [2.75, 3.05) is 6.79 Å². The molecule has 2 aromatic rings. The molecule has 0 atom stereocenters. The highest BCUT2D eigenvalue weighted by Crippen LogP contribution is 2.32. The van der Waals surface area contributed by atoms with Crippen LogP contribution in [0.1, 0.15) is 22.8 Å². The Morgan fingerprint density at radius 2 is 2.05 bits per heavy atom. The SMILES string of the molecule is CC(=O)c1ccc[n+](Cc2ccc3c(c2)OCO3)c1.[Br-]. The van der Waals surface area contributed by atoms with Crippen LogP contribution >= 0.6 is 0 Å². The van der Waals surface area contributed by atoms with Crippen LogP contribution in [0.15, 0.2) is 42.7 Å². The van der Waals surface area contributed by atoms with Gasteiger partial charge in [0, 0.05) is 11.6 Å². The van der Waals surface area contributed by atoms with E-state index in [-0.39, 0.29) is 29.6 Å². The molecule has 0 spiro atoms. The first-order valence-corrected chi connectivity index (χ1v) is 6.11. The van der Waals surface area contributed by atoms with E-state index < -0.39 is 0 Å². The Morgan fingerprint density at radius 1 is 1.25 bits per heavy atom. The lowest BCUT2D eigenvalue weighted by Crippen LogP contribution is -3.00. The van der Waals surface area contributed by atoms with E-state index in [1.165, 1.54) is 0 Å². The van der Waals surface area contributed by atoms with Crippen molar-refractivity contribution in [2.45, 2.75) is 13.5 Å². The lowest BCUT2D eigenvalue weighted by atomic mass is 10.2. The zero-order chi connectivity index (χ0) is 13.2. The first kappa shape index (κ1) is 14.5. The topological polar surface area (TPSA) is 39.4 Å². The van der Waals surface area contributed by atoms with E-state index in [1.54, 1.807) is 6.92 Å². The molecule has 2 heterocycles. The van der Waals surface area contributed by atoms with Crippen LogP contribution in [0.25, 0.3) is 0 Å². The van der Waals surface area contributed by atoms with Gasteiger partial charge in [0.2, 0.25) is 6.79 Å². The van der Waals surface area contributed by atoms with E-state index in [0.29, 0.717) is 12.1 Å². The summed E-state index contributed by atoms with van der Waals surface area (Å²) < 4.78 is 12.6. The van der Waals surface area contributed by atoms with E-state index in [0.717, 1.165) is 17.1 Å². The molecule has 1 aromatic carbocycles. The monoisotopic (exact) mass is 335 g/mol. The zero-order valence-corrected chi connectivity index (χ0v) is 12.6. The van der Waals surface area contributed by atoms with Crippen LogP contribution in [0.5, 0.6) is 11.5 Å². The van der Waals surface area contributed by atoms with Crippen LogP contribution in [0, 0.1) is 0 Å². The van der Waals surface area contributed by atoms with Gasteiger partial charge in [-0.15, -0.1) is 0 Å². The molecule has 0 aliphatic carbocycles. The third-order valence-electron chi connectivity index (χ3n) is 3.07. The summed E-state index contributed by atoms with van der Waals surface area (Å²) in [5.41, 5.74) is 1.82. The number of nitrogens with zero attached hydrogens (tertiary/aromatic N) is 1. The molecular formula is C15H14BrNO3. The summed E-state index contributed by atoms with van der Waals surface area (Å²) in [5.74, 6) is 1.63. The van der Waals surface area contributed by atoms with Crippen LogP contribution < -0.4 is 31.0 Å². The van der Waals surface area contributed by atoms with Gasteiger partial charge in [0.25, 0.3) is 0 Å². The quantitative estimate of drug-likeness (QED) is 0.531. The number of rotatable bonds is 3. The maximum atomic E-state index is 11.4. The Kier molecular flexibility index (Phi) is 4.39. The summed E-state index contributed by atoms with van der Waals surface area (Å²) in [6.45, 7) is 2.55. The van der Waals surface area contributed by atoms with E-state index in [2.05, 4.69) is 0 Å². The molecule has 0 unspecified atom stereocenters. The number of hydrogen-bond acceptors (Lipinski definition) is 3. The lowest BCUT2D eigenvalue weighted by molar-refractivity contribution is -0.688. The smallest absolute Gasteiger partial charge is 0.231 e. The van der Waals surface area contributed by atoms with Gasteiger partial charge in [0.15, 0.2) is 36.2 Å². The van der Waals surface area contributed by atoms with Crippen LogP contribution in [-0.2, 0) is 6.54 Å². The van der Waals surface area contributed by atoms with Gasteiger partial charge in [-0.2, -0.15) is 0 Å². The number of hydrogen-bond donors (Lipinski definition) is 0. The van der Waals surface area contributed by atoms with Gasteiger partial charge in [-0.25, -0.2) is 4.57 Å². The molecule has 1 aromatic heterocycles. The fourth-order valence-corrected chi connectivity index (χ4v) is 2.08. The number of ketones is 1. The summed E-state index contributed by atoms with van der Waals surface area (Å²) in [5, 5.41) is 0. The molecule has 0 saturated heterocycles. The molecule has 3 rings (SSSR count). The first-order chi connectivity index (χ1) is 9.22. The van der Waals surface area contributed by atoms with Crippen molar-refractivity contribution in [3.63, 3.8) is 0 Å². The van der Waals surface area contributed by atoms with Gasteiger partial charge in [0.05, 0.1) is 5.56 Å². The number of halogens is 1. The average Bonchev–Trinajstić information content (AvgIpc) is 2.86. The summed E-state index contributed by atoms with van der Waals surface area (Å²) in [6.07, 6.45) is 3.80. The van der Waals surface area contributed by atoms with Gasteiger partial charge in [-0.1, -0.05) is 0 Å². The number of benzene rings is 1. The Morgan fingerprint density at radius 3 is 2.85 bits per heavy atom. The Labute approximate surface area is 127 Å². The number of fused-ring (bicyclic) bond motifs is 1. The van der Waals surface area contributed by atoms with Crippen molar-refractivity contribution in [1.29, 1.82) is 0 Å². The third-order valence-corrected chi connectivity index (χ3v) is 3.07. The summed E-state index contributed by atoms with van der Waals surface area (Å²) in [7, 11) is 0. The Bertz CT molecular complexity index is 643. The number of carbonyl (C=O) groups is 1. The molecule has 0 saturated carbocycles. The summed E-state index contributed by atoms with van der Waals surface area (Å²) in [6, 6.07) is 9.58. The Hall–Kier alpha value is -1.88. The minimum Gasteiger partial charge on any atom is -1.00 e. The fraction of sp³-hybridized carbons (Fsp3) is 0.200. The van der Waals surface area contributed by atoms with E-state index in [1.807, 2.05) is 47.3 Å². The second-order valence-corrected chi connectivity index (χ2v) is 4.51. The minimum atomic E-state index is 0. The van der Waals surface area contributed by atoms with Crippen molar-refractivity contribution in [3.8, 4) is 11.5 Å². The molecule has 1 aliphatic heterocycles. The highest BCUT2D eigenvalue weighted by atomic mass is 79.9. The number of pyridine rings is 1. The normalized spacial score (nSPS) is 11.8. The molecule has 0 bridgehead atoms. The molecule has 0 radical (unpaired) electrons. The predicted molar refractivity (Wildman–Crippen MR) is 68.3 cm³/mol. The molecule has 1 aliphatic rings. The van der Waals surface area contributed by atoms with Gasteiger partial charge >= 0.3 is 0 Å². The van der Waals surface area contributed by atoms with E-state index in [4.69, 9.17) is 9.47 Å².